The first-order valence-corrected chi connectivity index (χ1v) is 31.8. The average Bonchev–Trinajstić information content (AvgIpc) is 1.72. The molecule has 3 saturated heterocycles. The van der Waals surface area contributed by atoms with Gasteiger partial charge in [-0.15, -0.1) is 5.06 Å². The Balaban J connectivity index is 0.789. The highest BCUT2D eigenvalue weighted by atomic mass is 32.2. The molecular weight excluding hydrogens is 1160 g/mol. The minimum absolute atomic E-state index is 0.0312. The number of thioether (sulfide) groups is 1. The first-order valence-electron chi connectivity index (χ1n) is 27.9. The number of hydrogen-bond donors (Lipinski definition) is 6. The van der Waals surface area contributed by atoms with Crippen LogP contribution in [0, 0.1) is 18.3 Å². The van der Waals surface area contributed by atoms with Crippen LogP contribution < -0.4 is 21.7 Å². The molecule has 0 bridgehead atoms. The van der Waals surface area contributed by atoms with E-state index in [9.17, 15) is 59.5 Å². The molecule has 1 aliphatic carbocycles. The number of nitrogens with two attached hydrogens (primary N) is 1. The fourth-order valence-corrected chi connectivity index (χ4v) is 13.6. The molecule has 2 aromatic carbocycles. The van der Waals surface area contributed by atoms with Crippen LogP contribution in [-0.2, 0) is 68.0 Å². The fourth-order valence-electron chi connectivity index (χ4n) is 10.5. The van der Waals surface area contributed by atoms with Crippen molar-refractivity contribution in [3.63, 3.8) is 0 Å². The molecule has 5 aliphatic rings. The van der Waals surface area contributed by atoms with Crippen molar-refractivity contribution in [2.45, 2.75) is 124 Å². The molecule has 7 N–H and O–H groups in total. The topological polar surface area (TPSA) is 368 Å². The Morgan fingerprint density at radius 1 is 0.798 bits per heavy atom. The number of Topliss-reactive ketones (excluding diaryl/α,β-unsaturated/α-hetero) is 2. The van der Waals surface area contributed by atoms with Gasteiger partial charge in [-0.1, -0.05) is 18.9 Å². The summed E-state index contributed by atoms with van der Waals surface area (Å²) in [4.78, 5) is 94.1. The molecule has 4 heterocycles. The first-order chi connectivity index (χ1) is 40.1. The van der Waals surface area contributed by atoms with Gasteiger partial charge in [-0.25, -0.2) is 9.59 Å². The van der Waals surface area contributed by atoms with Gasteiger partial charge in [0.25, 0.3) is 38.0 Å². The Morgan fingerprint density at radius 2 is 1.44 bits per heavy atom. The summed E-state index contributed by atoms with van der Waals surface area (Å²) < 4.78 is 98.5. The third-order valence-corrected chi connectivity index (χ3v) is 18.0. The van der Waals surface area contributed by atoms with E-state index in [1.165, 1.54) is 36.4 Å². The van der Waals surface area contributed by atoms with E-state index in [0.29, 0.717) is 93.1 Å². The van der Waals surface area contributed by atoms with Crippen molar-refractivity contribution in [2.24, 2.45) is 5.92 Å². The normalized spacial score (nSPS) is 17.5. The number of fused-ring (bicyclic) bond motifs is 3. The van der Waals surface area contributed by atoms with Gasteiger partial charge in [0.1, 0.15) is 11.6 Å². The third kappa shape index (κ3) is 17.0. The number of ketones is 2. The molecule has 0 saturated carbocycles. The summed E-state index contributed by atoms with van der Waals surface area (Å²) in [5.41, 5.74) is 6.13. The molecule has 0 aromatic heterocycles. The Labute approximate surface area is 490 Å². The highest BCUT2D eigenvalue weighted by Crippen LogP contribution is 2.46. The second-order valence-electron chi connectivity index (χ2n) is 20.6. The van der Waals surface area contributed by atoms with Crippen molar-refractivity contribution in [2.75, 3.05) is 77.4 Å². The van der Waals surface area contributed by atoms with E-state index in [0.717, 1.165) is 31.1 Å². The molecule has 4 atom stereocenters. The number of likely N-dealkylation sites (N-methyl/N-ethyl adjacent to an activating group) is 1. The number of carbonyl (C=O) groups excluding carboxylic acids is 7. The molecule has 2 aromatic rings. The zero-order chi connectivity index (χ0) is 60.7. The lowest BCUT2D eigenvalue weighted by Crippen LogP contribution is -2.40. The molecule has 25 nitrogen and oxygen atoms in total. The summed E-state index contributed by atoms with van der Waals surface area (Å²) in [6.07, 6.45) is 4.69. The lowest BCUT2D eigenvalue weighted by molar-refractivity contribution is -0.201. The molecule has 458 valence electrons. The molecule has 84 heavy (non-hydrogen) atoms. The average molecular weight is 1230 g/mol. The van der Waals surface area contributed by atoms with E-state index in [4.69, 9.17) is 39.3 Å². The number of hydrogen-bond acceptors (Lipinski definition) is 20. The highest BCUT2D eigenvalue weighted by molar-refractivity contribution is 8.00. The molecule has 3 fully saturated rings. The van der Waals surface area contributed by atoms with Crippen LogP contribution in [0.15, 0.2) is 56.7 Å². The van der Waals surface area contributed by atoms with Crippen LogP contribution in [0.4, 0.5) is 10.5 Å². The lowest BCUT2D eigenvalue weighted by atomic mass is 9.90. The zero-order valence-electron chi connectivity index (χ0n) is 46.9. The second kappa shape index (κ2) is 30.1. The lowest BCUT2D eigenvalue weighted by Gasteiger charge is -2.26. The molecule has 0 radical (unpaired) electrons. The fraction of sp³-hybridized carbons (Fsp3) is 0.536. The van der Waals surface area contributed by atoms with Gasteiger partial charge in [-0.3, -0.25) is 38.5 Å². The van der Waals surface area contributed by atoms with Gasteiger partial charge in [-0.2, -0.15) is 28.6 Å². The number of urea groups is 1. The Bertz CT molecular complexity index is 3320. The van der Waals surface area contributed by atoms with Gasteiger partial charge in [0.05, 0.1) is 75.3 Å². The number of nitrogens with zero attached hydrogens (tertiary/aromatic N) is 2. The summed E-state index contributed by atoms with van der Waals surface area (Å²) in [6.45, 7) is 6.77. The SMILES string of the molecule is CCN1C(=O)N[C@H]2CS[C@@H](CCCCC(=O)CCCOCCOCCOCCOCCC(=O)C[C@@H](CCCCNC(=O)c3ccc(-c4c5ccc(=N)c(S(=O)(=O)O)c-5oc5c(S(=O)(=O)O)c(N)ccc45)c(C)c3)C(=O)ON3C(=O)CCC3=O)[C@H]21. The second-order valence-corrected chi connectivity index (χ2v) is 24.6. The number of hydroxylamine groups is 2. The maximum atomic E-state index is 13.4. The van der Waals surface area contributed by atoms with E-state index in [2.05, 4.69) is 10.6 Å². The van der Waals surface area contributed by atoms with Gasteiger partial charge >= 0.3 is 12.0 Å². The minimum atomic E-state index is -5.13. The highest BCUT2D eigenvalue weighted by Gasteiger charge is 2.47. The largest absolute Gasteiger partial charge is 0.453 e. The number of amides is 5. The Hall–Kier alpha value is -6.37. The predicted octanol–water partition coefficient (Wildman–Crippen LogP) is 5.41. The van der Waals surface area contributed by atoms with Crippen LogP contribution in [0.25, 0.3) is 33.4 Å². The summed E-state index contributed by atoms with van der Waals surface area (Å²) in [6, 6.07) is 10.0. The molecular formula is C56H72N6O19S3. The molecule has 4 aliphatic heterocycles. The number of carbonyl (C=O) groups is 7. The molecule has 5 amide bonds. The summed E-state index contributed by atoms with van der Waals surface area (Å²) in [7, 11) is -10.2. The van der Waals surface area contributed by atoms with E-state index in [1.54, 1.807) is 6.92 Å². The van der Waals surface area contributed by atoms with Gasteiger partial charge in [-0.05, 0) is 93.5 Å². The molecule has 28 heteroatoms. The van der Waals surface area contributed by atoms with E-state index < -0.39 is 82.0 Å². The maximum absolute atomic E-state index is 13.4. The first kappa shape index (κ1) is 65.2. The van der Waals surface area contributed by atoms with Crippen LogP contribution in [0.5, 0.6) is 0 Å². The molecule has 7 rings (SSSR count). The number of rotatable bonds is 35. The number of imide groups is 1. The number of nitrogens with one attached hydrogen (secondary N) is 3. The van der Waals surface area contributed by atoms with Gasteiger partial charge in [0, 0.05) is 91.3 Å². The van der Waals surface area contributed by atoms with Crippen molar-refractivity contribution < 1.29 is 87.7 Å². The number of anilines is 1. The van der Waals surface area contributed by atoms with Crippen molar-refractivity contribution in [3.8, 4) is 22.5 Å². The monoisotopic (exact) mass is 1230 g/mol. The number of nitrogen functional groups attached to an aromatic ring is 1. The number of ether oxygens (including phenoxy) is 4. The predicted molar refractivity (Wildman–Crippen MR) is 305 cm³/mol. The zero-order valence-corrected chi connectivity index (χ0v) is 49.3. The van der Waals surface area contributed by atoms with Crippen LogP contribution >= 0.6 is 11.8 Å². The molecule has 0 spiro atoms. The van der Waals surface area contributed by atoms with E-state index in [1.807, 2.05) is 23.6 Å². The quantitative estimate of drug-likeness (QED) is 0.00836. The van der Waals surface area contributed by atoms with Crippen molar-refractivity contribution >= 4 is 89.9 Å². The van der Waals surface area contributed by atoms with Crippen molar-refractivity contribution in [1.29, 1.82) is 5.41 Å². The Morgan fingerprint density at radius 3 is 2.10 bits per heavy atom. The van der Waals surface area contributed by atoms with E-state index in [-0.39, 0.29) is 110 Å². The minimum Gasteiger partial charge on any atom is -0.453 e. The van der Waals surface area contributed by atoms with Crippen molar-refractivity contribution in [3.05, 3.63) is 58.9 Å². The van der Waals surface area contributed by atoms with Gasteiger partial charge in [0.2, 0.25) is 0 Å². The van der Waals surface area contributed by atoms with Crippen LogP contribution in [0.3, 0.4) is 0 Å². The number of benzene rings is 3. The Kier molecular flexibility index (Phi) is 23.4. The third-order valence-electron chi connectivity index (χ3n) is 14.7. The van der Waals surface area contributed by atoms with Gasteiger partial charge < -0.3 is 49.5 Å². The van der Waals surface area contributed by atoms with E-state index >= 15 is 0 Å². The number of unbranched alkanes of at least 4 members (excludes halogenated alkanes) is 2. The summed E-state index contributed by atoms with van der Waals surface area (Å²) in [5, 5.41) is 14.3. The molecule has 0 unspecified atom stereocenters. The van der Waals surface area contributed by atoms with Crippen molar-refractivity contribution in [1.82, 2.24) is 20.6 Å². The van der Waals surface area contributed by atoms with Crippen LogP contribution in [0.2, 0.25) is 0 Å². The smallest absolute Gasteiger partial charge is 0.336 e. The van der Waals surface area contributed by atoms with Gasteiger partial charge in [0.15, 0.2) is 21.1 Å². The summed E-state index contributed by atoms with van der Waals surface area (Å²) in [5.74, 6) is -3.56. The summed E-state index contributed by atoms with van der Waals surface area (Å²) >= 11 is 1.92. The maximum Gasteiger partial charge on any atom is 0.336 e. The number of aryl methyl sites for hydroxylation is 1. The van der Waals surface area contributed by atoms with Crippen LogP contribution in [0.1, 0.15) is 106 Å². The standard InChI is InChI=1S/C56H72N6O19S3/c1-3-61-49-44(60-56(61)69)33-82-45(49)12-5-4-10-37(63)11-8-23-76-25-27-78-29-30-79-28-26-77-24-21-38(64)32-36(55(68)81-62-46(65)19-20-47(62)66)9-6-7-22-59-54(67)35-13-14-39(34(2)31-35)48-40-15-17-42(57)52(83(70,71)72)50(40)80-51-41(48)16-18-43(58)53(51)84(73,74)75/h13-18,31,36,44-45,49,57H,3-12,19-30,32-33,58H2,1-2H3,(H,59,67)(H,60,69)(H,70,71,72)(H,73,74,75)/t36-,44+,45+,49+/m1/s1. The van der Waals surface area contributed by atoms with Crippen LogP contribution in [-0.4, -0.2) is 166 Å².